The summed E-state index contributed by atoms with van der Waals surface area (Å²) in [7, 11) is 0. The van der Waals surface area contributed by atoms with E-state index in [1.54, 1.807) is 4.90 Å². The molecule has 8 heteroatoms. The van der Waals surface area contributed by atoms with Crippen LogP contribution in [0.4, 0.5) is 4.79 Å². The van der Waals surface area contributed by atoms with Crippen LogP contribution in [0.2, 0.25) is 0 Å². The Hall–Kier alpha value is -3.39. The number of carboxylic acid groups (broad SMARTS) is 1. The SMILES string of the molecule is CCC(C)[C@H](NC(=O)OCC1c2ccccc2-c2ccccc21)C(=O)N1CCOC(CC(=O)O)C1. The Kier molecular flexibility index (Phi) is 7.70. The number of ether oxygens (including phenoxy) is 2. The van der Waals surface area contributed by atoms with Gasteiger partial charge in [0.15, 0.2) is 0 Å². The molecule has 8 nitrogen and oxygen atoms in total. The molecule has 1 aliphatic heterocycles. The maximum atomic E-state index is 13.3. The third kappa shape index (κ3) is 5.48. The van der Waals surface area contributed by atoms with Gasteiger partial charge in [-0.05, 0) is 28.2 Å². The maximum absolute atomic E-state index is 13.3. The second kappa shape index (κ2) is 10.9. The molecule has 2 aromatic rings. The second-order valence-corrected chi connectivity index (χ2v) is 9.21. The minimum absolute atomic E-state index is 0.0677. The third-order valence-corrected chi connectivity index (χ3v) is 6.95. The molecule has 2 aliphatic rings. The standard InChI is InChI=1S/C27H32N2O6/c1-3-17(2)25(26(32)29-12-13-34-18(15-29)14-24(30)31)28-27(33)35-16-23-21-10-6-4-8-19(21)20-9-5-7-11-22(20)23/h4-11,17-18,23,25H,3,12-16H2,1-2H3,(H,28,33)(H,30,31)/t17?,18?,25-/m0/s1. The molecule has 2 aromatic carbocycles. The number of amides is 2. The van der Waals surface area contributed by atoms with Crippen molar-refractivity contribution in [2.75, 3.05) is 26.3 Å². The van der Waals surface area contributed by atoms with Crippen LogP contribution < -0.4 is 5.32 Å². The number of nitrogens with one attached hydrogen (secondary N) is 1. The summed E-state index contributed by atoms with van der Waals surface area (Å²) in [5.41, 5.74) is 4.53. The molecule has 1 fully saturated rings. The molecule has 1 heterocycles. The lowest BCUT2D eigenvalue weighted by Crippen LogP contribution is -2.56. The number of carbonyl (C=O) groups excluding carboxylic acids is 2. The average Bonchev–Trinajstić information content (AvgIpc) is 3.18. The summed E-state index contributed by atoms with van der Waals surface area (Å²) in [6.07, 6.45) is -0.682. The Balaban J connectivity index is 1.41. The van der Waals surface area contributed by atoms with Crippen LogP contribution in [0.15, 0.2) is 48.5 Å². The summed E-state index contributed by atoms with van der Waals surface area (Å²) >= 11 is 0. The Morgan fingerprint density at radius 1 is 1.11 bits per heavy atom. The molecule has 186 valence electrons. The quantitative estimate of drug-likeness (QED) is 0.598. The van der Waals surface area contributed by atoms with Crippen LogP contribution in [0.5, 0.6) is 0 Å². The monoisotopic (exact) mass is 480 g/mol. The average molecular weight is 481 g/mol. The highest BCUT2D eigenvalue weighted by Gasteiger charge is 2.35. The molecule has 2 unspecified atom stereocenters. The number of rotatable bonds is 8. The smallest absolute Gasteiger partial charge is 0.407 e. The van der Waals surface area contributed by atoms with Crippen molar-refractivity contribution in [2.45, 2.75) is 44.8 Å². The fourth-order valence-electron chi connectivity index (χ4n) is 4.88. The molecular weight excluding hydrogens is 448 g/mol. The van der Waals surface area contributed by atoms with Crippen molar-refractivity contribution in [3.63, 3.8) is 0 Å². The Labute approximate surface area is 205 Å². The molecule has 0 saturated carbocycles. The van der Waals surface area contributed by atoms with Crippen LogP contribution in [0.1, 0.15) is 43.7 Å². The number of hydrogen-bond acceptors (Lipinski definition) is 5. The lowest BCUT2D eigenvalue weighted by Gasteiger charge is -2.36. The van der Waals surface area contributed by atoms with Crippen molar-refractivity contribution in [1.82, 2.24) is 10.2 Å². The summed E-state index contributed by atoms with van der Waals surface area (Å²) in [4.78, 5) is 38.8. The van der Waals surface area contributed by atoms with Gasteiger partial charge in [0.05, 0.1) is 19.1 Å². The van der Waals surface area contributed by atoms with E-state index >= 15 is 0 Å². The van der Waals surface area contributed by atoms with Gasteiger partial charge in [-0.3, -0.25) is 9.59 Å². The van der Waals surface area contributed by atoms with Crippen LogP contribution in [0.25, 0.3) is 11.1 Å². The molecule has 1 saturated heterocycles. The summed E-state index contributed by atoms with van der Waals surface area (Å²) in [6.45, 7) is 4.83. The van der Waals surface area contributed by atoms with Gasteiger partial charge in [-0.25, -0.2) is 4.79 Å². The van der Waals surface area contributed by atoms with E-state index in [9.17, 15) is 14.4 Å². The largest absolute Gasteiger partial charge is 0.481 e. The van der Waals surface area contributed by atoms with Crippen LogP contribution in [0.3, 0.4) is 0 Å². The van der Waals surface area contributed by atoms with Crippen molar-refractivity contribution in [3.8, 4) is 11.1 Å². The van der Waals surface area contributed by atoms with Gasteiger partial charge in [0.25, 0.3) is 0 Å². The Morgan fingerprint density at radius 3 is 2.34 bits per heavy atom. The first-order chi connectivity index (χ1) is 16.9. The van der Waals surface area contributed by atoms with Crippen molar-refractivity contribution in [3.05, 3.63) is 59.7 Å². The van der Waals surface area contributed by atoms with Gasteiger partial charge in [0.1, 0.15) is 12.6 Å². The van der Waals surface area contributed by atoms with E-state index in [1.165, 1.54) is 0 Å². The number of aliphatic carboxylic acids is 1. The third-order valence-electron chi connectivity index (χ3n) is 6.95. The summed E-state index contributed by atoms with van der Waals surface area (Å²) in [5.74, 6) is -1.41. The van der Waals surface area contributed by atoms with Gasteiger partial charge in [0.2, 0.25) is 5.91 Å². The number of nitrogens with zero attached hydrogens (tertiary/aromatic N) is 1. The van der Waals surface area contributed by atoms with Crippen molar-refractivity contribution < 1.29 is 29.0 Å². The van der Waals surface area contributed by atoms with E-state index in [0.717, 1.165) is 22.3 Å². The van der Waals surface area contributed by atoms with Gasteiger partial charge in [0, 0.05) is 19.0 Å². The number of fused-ring (bicyclic) bond motifs is 3. The molecular formula is C27H32N2O6. The van der Waals surface area contributed by atoms with E-state index in [0.29, 0.717) is 13.0 Å². The first-order valence-electron chi connectivity index (χ1n) is 12.1. The molecule has 0 radical (unpaired) electrons. The zero-order valence-electron chi connectivity index (χ0n) is 20.1. The van der Waals surface area contributed by atoms with Gasteiger partial charge in [-0.1, -0.05) is 68.8 Å². The van der Waals surface area contributed by atoms with Crippen molar-refractivity contribution >= 4 is 18.0 Å². The topological polar surface area (TPSA) is 105 Å². The minimum Gasteiger partial charge on any atom is -0.481 e. The lowest BCUT2D eigenvalue weighted by atomic mass is 9.97. The van der Waals surface area contributed by atoms with E-state index in [1.807, 2.05) is 38.1 Å². The van der Waals surface area contributed by atoms with E-state index in [4.69, 9.17) is 14.6 Å². The van der Waals surface area contributed by atoms with Crippen LogP contribution in [-0.2, 0) is 19.1 Å². The summed E-state index contributed by atoms with van der Waals surface area (Å²) < 4.78 is 11.1. The molecule has 2 amide bonds. The highest BCUT2D eigenvalue weighted by Crippen LogP contribution is 2.44. The fourth-order valence-corrected chi connectivity index (χ4v) is 4.88. The van der Waals surface area contributed by atoms with E-state index in [-0.39, 0.29) is 43.9 Å². The molecule has 1 aliphatic carbocycles. The first kappa shape index (κ1) is 24.7. The van der Waals surface area contributed by atoms with Gasteiger partial charge < -0.3 is 24.8 Å². The zero-order valence-corrected chi connectivity index (χ0v) is 20.1. The minimum atomic E-state index is -0.973. The summed E-state index contributed by atoms with van der Waals surface area (Å²) in [6, 6.07) is 15.5. The zero-order chi connectivity index (χ0) is 24.9. The second-order valence-electron chi connectivity index (χ2n) is 9.21. The summed E-state index contributed by atoms with van der Waals surface area (Å²) in [5, 5.41) is 11.8. The normalized spacial score (nSPS) is 18.8. The molecule has 4 rings (SSSR count). The lowest BCUT2D eigenvalue weighted by molar-refractivity contribution is -0.149. The number of carboxylic acids is 1. The molecule has 0 spiro atoms. The van der Waals surface area contributed by atoms with E-state index < -0.39 is 24.2 Å². The Morgan fingerprint density at radius 2 is 1.74 bits per heavy atom. The predicted molar refractivity (Wildman–Crippen MR) is 130 cm³/mol. The molecule has 0 bridgehead atoms. The maximum Gasteiger partial charge on any atom is 0.407 e. The number of alkyl carbamates (subject to hydrolysis) is 1. The molecule has 35 heavy (non-hydrogen) atoms. The first-order valence-corrected chi connectivity index (χ1v) is 12.1. The Bertz CT molecular complexity index is 1040. The van der Waals surface area contributed by atoms with Gasteiger partial charge in [-0.15, -0.1) is 0 Å². The number of carbonyl (C=O) groups is 3. The molecule has 0 aromatic heterocycles. The van der Waals surface area contributed by atoms with Gasteiger partial charge >= 0.3 is 12.1 Å². The van der Waals surface area contributed by atoms with Crippen molar-refractivity contribution in [1.29, 1.82) is 0 Å². The number of benzene rings is 2. The fraction of sp³-hybridized carbons (Fsp3) is 0.444. The highest BCUT2D eigenvalue weighted by atomic mass is 16.5. The van der Waals surface area contributed by atoms with Crippen LogP contribution in [-0.4, -0.2) is 66.4 Å². The number of hydrogen-bond donors (Lipinski definition) is 2. The van der Waals surface area contributed by atoms with E-state index in [2.05, 4.69) is 29.6 Å². The predicted octanol–water partition coefficient (Wildman–Crippen LogP) is 3.64. The van der Waals surface area contributed by atoms with Crippen LogP contribution in [0, 0.1) is 5.92 Å². The molecule has 2 N–H and O–H groups in total. The molecule has 3 atom stereocenters. The van der Waals surface area contributed by atoms with Crippen LogP contribution >= 0.6 is 0 Å². The highest BCUT2D eigenvalue weighted by molar-refractivity contribution is 5.86. The van der Waals surface area contributed by atoms with Crippen molar-refractivity contribution in [2.24, 2.45) is 5.92 Å². The van der Waals surface area contributed by atoms with Gasteiger partial charge in [-0.2, -0.15) is 0 Å². The number of morpholine rings is 1.